The first kappa shape index (κ1) is 11.3. The lowest BCUT2D eigenvalue weighted by atomic mass is 10.2. The van der Waals surface area contributed by atoms with Gasteiger partial charge in [0.1, 0.15) is 5.82 Å². The van der Waals surface area contributed by atoms with Gasteiger partial charge in [0.15, 0.2) is 0 Å². The van der Waals surface area contributed by atoms with Crippen molar-refractivity contribution in [1.29, 1.82) is 0 Å². The molecule has 0 atom stereocenters. The molecule has 1 aromatic carbocycles. The smallest absolute Gasteiger partial charge is 0.224 e. The van der Waals surface area contributed by atoms with Crippen molar-refractivity contribution in [3.05, 3.63) is 24.3 Å². The largest absolute Gasteiger partial charge is 0.369 e. The number of hydrogen-bond donors (Lipinski definition) is 2. The number of benzene rings is 1. The second-order valence-electron chi connectivity index (χ2n) is 4.82. The molecule has 2 N–H and O–H groups in total. The van der Waals surface area contributed by atoms with Crippen LogP contribution in [0.3, 0.4) is 0 Å². The van der Waals surface area contributed by atoms with Crippen molar-refractivity contribution in [2.24, 2.45) is 5.92 Å². The van der Waals surface area contributed by atoms with Gasteiger partial charge in [0.05, 0.1) is 5.52 Å². The zero-order chi connectivity index (χ0) is 12.4. The molecular weight excluding hydrogens is 224 g/mol. The fourth-order valence-corrected chi connectivity index (χ4v) is 2.12. The van der Waals surface area contributed by atoms with Crippen molar-refractivity contribution >= 4 is 22.7 Å². The van der Waals surface area contributed by atoms with Gasteiger partial charge in [0, 0.05) is 19.0 Å². The van der Waals surface area contributed by atoms with E-state index >= 15 is 0 Å². The van der Waals surface area contributed by atoms with E-state index in [0.29, 0.717) is 5.95 Å². The molecule has 1 saturated carbocycles. The zero-order valence-electron chi connectivity index (χ0n) is 10.6. The van der Waals surface area contributed by atoms with Crippen molar-refractivity contribution in [2.45, 2.75) is 19.3 Å². The number of nitrogens with zero attached hydrogens (tertiary/aromatic N) is 2. The SMILES string of the molecule is CNc1nc(NCCC2CC2)c2ccccc2n1. The van der Waals surface area contributed by atoms with E-state index in [-0.39, 0.29) is 0 Å². The Morgan fingerprint density at radius 3 is 2.83 bits per heavy atom. The Hall–Kier alpha value is -1.84. The van der Waals surface area contributed by atoms with Crippen LogP contribution in [0.4, 0.5) is 11.8 Å². The summed E-state index contributed by atoms with van der Waals surface area (Å²) in [5.41, 5.74) is 0.978. The molecule has 0 spiro atoms. The number of hydrogen-bond acceptors (Lipinski definition) is 4. The van der Waals surface area contributed by atoms with Crippen LogP contribution < -0.4 is 10.6 Å². The molecule has 0 amide bonds. The summed E-state index contributed by atoms with van der Waals surface area (Å²) in [6.07, 6.45) is 4.04. The van der Waals surface area contributed by atoms with Gasteiger partial charge in [-0.2, -0.15) is 4.98 Å². The molecule has 1 aromatic heterocycles. The van der Waals surface area contributed by atoms with Gasteiger partial charge in [-0.25, -0.2) is 4.98 Å². The van der Waals surface area contributed by atoms with Crippen LogP contribution in [0.1, 0.15) is 19.3 Å². The van der Waals surface area contributed by atoms with Crippen molar-refractivity contribution in [2.75, 3.05) is 24.2 Å². The molecule has 4 heteroatoms. The summed E-state index contributed by atoms with van der Waals surface area (Å²) in [5.74, 6) is 2.54. The van der Waals surface area contributed by atoms with Gasteiger partial charge in [-0.1, -0.05) is 25.0 Å². The molecular formula is C14H18N4. The fourth-order valence-electron chi connectivity index (χ4n) is 2.12. The number of para-hydroxylation sites is 1. The van der Waals surface area contributed by atoms with Gasteiger partial charge in [0.25, 0.3) is 0 Å². The minimum Gasteiger partial charge on any atom is -0.369 e. The lowest BCUT2D eigenvalue weighted by Gasteiger charge is -2.10. The molecule has 1 heterocycles. The number of fused-ring (bicyclic) bond motifs is 1. The standard InChI is InChI=1S/C14H18N4/c1-15-14-17-12-5-3-2-4-11(12)13(18-14)16-9-8-10-6-7-10/h2-5,10H,6-9H2,1H3,(H2,15,16,17,18). The summed E-state index contributed by atoms with van der Waals surface area (Å²) in [6, 6.07) is 8.11. The molecule has 0 radical (unpaired) electrons. The number of rotatable bonds is 5. The van der Waals surface area contributed by atoms with E-state index in [0.717, 1.165) is 29.2 Å². The summed E-state index contributed by atoms with van der Waals surface area (Å²) in [5, 5.41) is 7.54. The van der Waals surface area contributed by atoms with Crippen LogP contribution in [0, 0.1) is 5.92 Å². The summed E-state index contributed by atoms with van der Waals surface area (Å²) in [6.45, 7) is 0.995. The molecule has 0 bridgehead atoms. The Morgan fingerprint density at radius 1 is 1.22 bits per heavy atom. The van der Waals surface area contributed by atoms with Crippen molar-refractivity contribution in [3.8, 4) is 0 Å². The number of anilines is 2. The minimum absolute atomic E-state index is 0.669. The highest BCUT2D eigenvalue weighted by atomic mass is 15.1. The number of aromatic nitrogens is 2. The second-order valence-corrected chi connectivity index (χ2v) is 4.82. The molecule has 94 valence electrons. The van der Waals surface area contributed by atoms with E-state index in [2.05, 4.69) is 26.7 Å². The molecule has 18 heavy (non-hydrogen) atoms. The maximum atomic E-state index is 4.50. The van der Waals surface area contributed by atoms with Crippen LogP contribution in [0.2, 0.25) is 0 Å². The Kier molecular flexibility index (Phi) is 3.00. The van der Waals surface area contributed by atoms with Gasteiger partial charge in [-0.3, -0.25) is 0 Å². The molecule has 1 aliphatic carbocycles. The Morgan fingerprint density at radius 2 is 2.06 bits per heavy atom. The van der Waals surface area contributed by atoms with Gasteiger partial charge in [-0.15, -0.1) is 0 Å². The second kappa shape index (κ2) is 4.80. The summed E-state index contributed by atoms with van der Waals surface area (Å²) in [7, 11) is 1.85. The fraction of sp³-hybridized carbons (Fsp3) is 0.429. The molecule has 2 aromatic rings. The first-order valence-electron chi connectivity index (χ1n) is 6.55. The average Bonchev–Trinajstić information content (AvgIpc) is 3.22. The third kappa shape index (κ3) is 2.37. The first-order valence-corrected chi connectivity index (χ1v) is 6.55. The molecule has 0 unspecified atom stereocenters. The summed E-state index contributed by atoms with van der Waals surface area (Å²) in [4.78, 5) is 8.95. The third-order valence-electron chi connectivity index (χ3n) is 3.37. The zero-order valence-corrected chi connectivity index (χ0v) is 10.6. The summed E-state index contributed by atoms with van der Waals surface area (Å²) >= 11 is 0. The van der Waals surface area contributed by atoms with Gasteiger partial charge >= 0.3 is 0 Å². The van der Waals surface area contributed by atoms with Crippen LogP contribution >= 0.6 is 0 Å². The molecule has 3 rings (SSSR count). The lowest BCUT2D eigenvalue weighted by molar-refractivity contribution is 0.759. The third-order valence-corrected chi connectivity index (χ3v) is 3.37. The van der Waals surface area contributed by atoms with Gasteiger partial charge < -0.3 is 10.6 Å². The van der Waals surface area contributed by atoms with E-state index < -0.39 is 0 Å². The van der Waals surface area contributed by atoms with E-state index in [1.165, 1.54) is 19.3 Å². The first-order chi connectivity index (χ1) is 8.86. The Bertz CT molecular complexity index is 548. The van der Waals surface area contributed by atoms with Gasteiger partial charge in [0.2, 0.25) is 5.95 Å². The van der Waals surface area contributed by atoms with Crippen LogP contribution in [-0.4, -0.2) is 23.6 Å². The maximum absolute atomic E-state index is 4.50. The van der Waals surface area contributed by atoms with E-state index in [4.69, 9.17) is 0 Å². The maximum Gasteiger partial charge on any atom is 0.224 e. The molecule has 0 saturated heterocycles. The average molecular weight is 242 g/mol. The van der Waals surface area contributed by atoms with E-state index in [1.807, 2.05) is 25.2 Å². The van der Waals surface area contributed by atoms with E-state index in [9.17, 15) is 0 Å². The highest BCUT2D eigenvalue weighted by Crippen LogP contribution is 2.32. The highest BCUT2D eigenvalue weighted by Gasteiger charge is 2.20. The molecule has 0 aliphatic heterocycles. The quantitative estimate of drug-likeness (QED) is 0.846. The highest BCUT2D eigenvalue weighted by molar-refractivity contribution is 5.89. The van der Waals surface area contributed by atoms with E-state index in [1.54, 1.807) is 0 Å². The lowest BCUT2D eigenvalue weighted by Crippen LogP contribution is -2.07. The topological polar surface area (TPSA) is 49.8 Å². The molecule has 1 fully saturated rings. The van der Waals surface area contributed by atoms with Crippen LogP contribution in [0.15, 0.2) is 24.3 Å². The van der Waals surface area contributed by atoms with Crippen molar-refractivity contribution in [1.82, 2.24) is 9.97 Å². The summed E-state index contributed by atoms with van der Waals surface area (Å²) < 4.78 is 0. The Balaban J connectivity index is 1.86. The molecule has 4 nitrogen and oxygen atoms in total. The van der Waals surface area contributed by atoms with Gasteiger partial charge in [-0.05, 0) is 24.5 Å². The van der Waals surface area contributed by atoms with Crippen molar-refractivity contribution in [3.63, 3.8) is 0 Å². The normalized spacial score (nSPS) is 14.7. The van der Waals surface area contributed by atoms with Crippen molar-refractivity contribution < 1.29 is 0 Å². The van der Waals surface area contributed by atoms with Crippen LogP contribution in [-0.2, 0) is 0 Å². The van der Waals surface area contributed by atoms with Crippen LogP contribution in [0.5, 0.6) is 0 Å². The Labute approximate surface area is 107 Å². The predicted molar refractivity (Wildman–Crippen MR) is 74.9 cm³/mol. The van der Waals surface area contributed by atoms with Crippen LogP contribution in [0.25, 0.3) is 10.9 Å². The minimum atomic E-state index is 0.669. The predicted octanol–water partition coefficient (Wildman–Crippen LogP) is 2.88. The monoisotopic (exact) mass is 242 g/mol. The molecule has 1 aliphatic rings. The number of nitrogens with one attached hydrogen (secondary N) is 2.